The number of benzene rings is 1. The minimum Gasteiger partial charge on any atom is -0.507 e. The van der Waals surface area contributed by atoms with E-state index in [2.05, 4.69) is 0 Å². The molecule has 0 aromatic heterocycles. The SMILES string of the molecule is COCc1cc(Cl)cc(CC(C)=O)c1O. The summed E-state index contributed by atoms with van der Waals surface area (Å²) in [4.78, 5) is 11.0. The summed E-state index contributed by atoms with van der Waals surface area (Å²) in [6.45, 7) is 1.74. The van der Waals surface area contributed by atoms with E-state index in [0.717, 1.165) is 0 Å². The first-order chi connectivity index (χ1) is 7.04. The number of phenolic OH excluding ortho intramolecular Hbond substituents is 1. The molecule has 1 aromatic carbocycles. The maximum absolute atomic E-state index is 11.0. The average molecular weight is 229 g/mol. The summed E-state index contributed by atoms with van der Waals surface area (Å²) in [7, 11) is 1.53. The number of Topliss-reactive ketones (excluding diaryl/α,β-unsaturated/α-hetero) is 1. The molecule has 0 heterocycles. The first-order valence-corrected chi connectivity index (χ1v) is 4.91. The molecule has 0 aliphatic rings. The molecule has 1 aromatic rings. The van der Waals surface area contributed by atoms with Crippen LogP contribution in [0.5, 0.6) is 5.75 Å². The molecule has 0 atom stereocenters. The van der Waals surface area contributed by atoms with Crippen molar-refractivity contribution in [2.24, 2.45) is 0 Å². The molecular formula is C11H13ClO3. The van der Waals surface area contributed by atoms with Crippen molar-refractivity contribution in [2.45, 2.75) is 20.0 Å². The summed E-state index contributed by atoms with van der Waals surface area (Å²) in [5.74, 6) is 0.0763. The van der Waals surface area contributed by atoms with Crippen LogP contribution < -0.4 is 0 Å². The fraction of sp³-hybridized carbons (Fsp3) is 0.364. The zero-order valence-electron chi connectivity index (χ0n) is 8.71. The minimum absolute atomic E-state index is 0.0177. The predicted octanol–water partition coefficient (Wildman–Crippen LogP) is 2.32. The van der Waals surface area contributed by atoms with Crippen molar-refractivity contribution in [3.05, 3.63) is 28.3 Å². The lowest BCUT2D eigenvalue weighted by Gasteiger charge is -2.09. The third-order valence-electron chi connectivity index (χ3n) is 1.97. The average Bonchev–Trinajstić information content (AvgIpc) is 2.12. The second kappa shape index (κ2) is 5.14. The number of ketones is 1. The van der Waals surface area contributed by atoms with Gasteiger partial charge in [-0.1, -0.05) is 11.6 Å². The van der Waals surface area contributed by atoms with Crippen LogP contribution in [0, 0.1) is 0 Å². The monoisotopic (exact) mass is 228 g/mol. The Kier molecular flexibility index (Phi) is 4.12. The van der Waals surface area contributed by atoms with Gasteiger partial charge in [-0.25, -0.2) is 0 Å². The Bertz CT molecular complexity index is 374. The molecule has 4 heteroatoms. The van der Waals surface area contributed by atoms with Gasteiger partial charge in [0.1, 0.15) is 11.5 Å². The van der Waals surface area contributed by atoms with Crippen LogP contribution in [0.2, 0.25) is 5.02 Å². The lowest BCUT2D eigenvalue weighted by molar-refractivity contribution is -0.116. The van der Waals surface area contributed by atoms with E-state index < -0.39 is 0 Å². The number of aromatic hydroxyl groups is 1. The molecule has 0 saturated heterocycles. The molecule has 0 spiro atoms. The van der Waals surface area contributed by atoms with E-state index in [-0.39, 0.29) is 24.6 Å². The van der Waals surface area contributed by atoms with Gasteiger partial charge in [0.2, 0.25) is 0 Å². The van der Waals surface area contributed by atoms with Crippen LogP contribution in [0.1, 0.15) is 18.1 Å². The molecule has 82 valence electrons. The van der Waals surface area contributed by atoms with Crippen LogP contribution >= 0.6 is 11.6 Å². The van der Waals surface area contributed by atoms with Crippen molar-refractivity contribution < 1.29 is 14.6 Å². The van der Waals surface area contributed by atoms with Crippen molar-refractivity contribution in [3.8, 4) is 5.75 Å². The zero-order chi connectivity index (χ0) is 11.4. The molecule has 3 nitrogen and oxygen atoms in total. The van der Waals surface area contributed by atoms with Gasteiger partial charge in [0, 0.05) is 29.7 Å². The van der Waals surface area contributed by atoms with Gasteiger partial charge in [-0.3, -0.25) is 4.79 Å². The van der Waals surface area contributed by atoms with E-state index in [1.54, 1.807) is 12.1 Å². The number of phenols is 1. The van der Waals surface area contributed by atoms with Gasteiger partial charge < -0.3 is 9.84 Å². The van der Waals surface area contributed by atoms with Crippen molar-refractivity contribution in [3.63, 3.8) is 0 Å². The van der Waals surface area contributed by atoms with Gasteiger partial charge in [0.25, 0.3) is 0 Å². The van der Waals surface area contributed by atoms with E-state index >= 15 is 0 Å². The molecule has 0 radical (unpaired) electrons. The van der Waals surface area contributed by atoms with Crippen LogP contribution in [0.25, 0.3) is 0 Å². The number of hydrogen-bond acceptors (Lipinski definition) is 3. The van der Waals surface area contributed by atoms with Crippen molar-refractivity contribution in [1.82, 2.24) is 0 Å². The van der Waals surface area contributed by atoms with Gasteiger partial charge in [-0.05, 0) is 19.1 Å². The minimum atomic E-state index is -0.0177. The van der Waals surface area contributed by atoms with Gasteiger partial charge >= 0.3 is 0 Å². The molecule has 0 bridgehead atoms. The molecule has 1 N–H and O–H groups in total. The molecule has 15 heavy (non-hydrogen) atoms. The van der Waals surface area contributed by atoms with E-state index in [1.165, 1.54) is 14.0 Å². The first kappa shape index (κ1) is 12.0. The lowest BCUT2D eigenvalue weighted by Crippen LogP contribution is -1.99. The zero-order valence-corrected chi connectivity index (χ0v) is 9.47. The molecule has 1 rings (SSSR count). The van der Waals surface area contributed by atoms with Crippen molar-refractivity contribution in [2.75, 3.05) is 7.11 Å². The Hall–Kier alpha value is -1.06. The standard InChI is InChI=1S/C11H13ClO3/c1-7(13)3-8-4-10(12)5-9(6-15-2)11(8)14/h4-5,14H,3,6H2,1-2H3. The van der Waals surface area contributed by atoms with Crippen LogP contribution in [0.4, 0.5) is 0 Å². The second-order valence-corrected chi connectivity index (χ2v) is 3.82. The Balaban J connectivity index is 3.09. The number of hydrogen-bond donors (Lipinski definition) is 1. The third kappa shape index (κ3) is 3.22. The second-order valence-electron chi connectivity index (χ2n) is 3.38. The molecule has 0 unspecified atom stereocenters. The highest BCUT2D eigenvalue weighted by Crippen LogP contribution is 2.28. The Morgan fingerprint density at radius 3 is 2.60 bits per heavy atom. The number of rotatable bonds is 4. The number of methoxy groups -OCH3 is 1. The Morgan fingerprint density at radius 2 is 2.07 bits per heavy atom. The number of carbonyl (C=O) groups is 1. The van der Waals surface area contributed by atoms with Crippen molar-refractivity contribution in [1.29, 1.82) is 0 Å². The molecular weight excluding hydrogens is 216 g/mol. The van der Waals surface area contributed by atoms with E-state index in [9.17, 15) is 9.90 Å². The highest BCUT2D eigenvalue weighted by atomic mass is 35.5. The van der Waals surface area contributed by atoms with Crippen LogP contribution in [-0.2, 0) is 22.6 Å². The summed E-state index contributed by atoms with van der Waals surface area (Å²) in [5.41, 5.74) is 1.14. The van der Waals surface area contributed by atoms with E-state index in [4.69, 9.17) is 16.3 Å². The molecule has 0 aliphatic heterocycles. The van der Waals surface area contributed by atoms with Crippen LogP contribution in [0.15, 0.2) is 12.1 Å². The maximum atomic E-state index is 11.0. The fourth-order valence-electron chi connectivity index (χ4n) is 1.39. The third-order valence-corrected chi connectivity index (χ3v) is 2.19. The summed E-state index contributed by atoms with van der Waals surface area (Å²) < 4.78 is 4.92. The summed E-state index contributed by atoms with van der Waals surface area (Å²) in [6.07, 6.45) is 0.184. The summed E-state index contributed by atoms with van der Waals surface area (Å²) >= 11 is 5.86. The number of carbonyl (C=O) groups excluding carboxylic acids is 1. The van der Waals surface area contributed by atoms with Crippen LogP contribution in [-0.4, -0.2) is 18.0 Å². The fourth-order valence-corrected chi connectivity index (χ4v) is 1.65. The molecule has 0 aliphatic carbocycles. The highest BCUT2D eigenvalue weighted by molar-refractivity contribution is 6.30. The lowest BCUT2D eigenvalue weighted by atomic mass is 10.0. The van der Waals surface area contributed by atoms with Gasteiger partial charge in [0.15, 0.2) is 0 Å². The van der Waals surface area contributed by atoms with Crippen molar-refractivity contribution >= 4 is 17.4 Å². The summed E-state index contributed by atoms with van der Waals surface area (Å²) in [6, 6.07) is 3.22. The van der Waals surface area contributed by atoms with E-state index in [0.29, 0.717) is 16.1 Å². The number of halogens is 1. The topological polar surface area (TPSA) is 46.5 Å². The predicted molar refractivity (Wildman–Crippen MR) is 58.2 cm³/mol. The molecule has 0 amide bonds. The van der Waals surface area contributed by atoms with Gasteiger partial charge in [-0.15, -0.1) is 0 Å². The first-order valence-electron chi connectivity index (χ1n) is 4.53. The maximum Gasteiger partial charge on any atom is 0.134 e. The highest BCUT2D eigenvalue weighted by Gasteiger charge is 2.10. The van der Waals surface area contributed by atoms with Crippen LogP contribution in [0.3, 0.4) is 0 Å². The largest absolute Gasteiger partial charge is 0.507 e. The molecule has 0 fully saturated rings. The Labute approximate surface area is 93.6 Å². The normalized spacial score (nSPS) is 10.3. The quantitative estimate of drug-likeness (QED) is 0.861. The summed E-state index contributed by atoms with van der Waals surface area (Å²) in [5, 5.41) is 10.3. The Morgan fingerprint density at radius 1 is 1.47 bits per heavy atom. The van der Waals surface area contributed by atoms with Gasteiger partial charge in [0.05, 0.1) is 6.61 Å². The number of ether oxygens (including phenoxy) is 1. The van der Waals surface area contributed by atoms with Gasteiger partial charge in [-0.2, -0.15) is 0 Å². The smallest absolute Gasteiger partial charge is 0.134 e. The van der Waals surface area contributed by atoms with E-state index in [1.807, 2.05) is 0 Å². The molecule has 0 saturated carbocycles.